The van der Waals surface area contributed by atoms with Crippen molar-refractivity contribution in [3.8, 4) is 5.75 Å². The fourth-order valence-electron chi connectivity index (χ4n) is 1.60. The summed E-state index contributed by atoms with van der Waals surface area (Å²) in [7, 11) is 1.81. The molecule has 1 rings (SSSR count). The van der Waals surface area contributed by atoms with Crippen LogP contribution in [0.15, 0.2) is 29.2 Å². The van der Waals surface area contributed by atoms with Gasteiger partial charge in [-0.2, -0.15) is 0 Å². The molecule has 0 spiro atoms. The van der Waals surface area contributed by atoms with Gasteiger partial charge in [0.2, 0.25) is 5.91 Å². The monoisotopic (exact) mass is 332 g/mol. The quantitative estimate of drug-likeness (QED) is 0.753. The zero-order valence-corrected chi connectivity index (χ0v) is 14.4. The number of benzene rings is 1. The van der Waals surface area contributed by atoms with Crippen molar-refractivity contribution in [1.29, 1.82) is 0 Å². The number of hydrogen-bond acceptors (Lipinski definition) is 4. The predicted molar refractivity (Wildman–Crippen MR) is 91.1 cm³/mol. The third-order valence-corrected chi connectivity index (χ3v) is 4.28. The zero-order valence-electron chi connectivity index (χ0n) is 12.8. The molecular weight excluding hydrogens is 308 g/mol. The van der Waals surface area contributed by atoms with Crippen LogP contribution in [0.1, 0.15) is 20.3 Å². The van der Waals surface area contributed by atoms with Crippen molar-refractivity contribution >= 4 is 30.1 Å². The number of aromatic hydroxyl groups is 1. The Labute approximate surface area is 137 Å². The Morgan fingerprint density at radius 1 is 1.33 bits per heavy atom. The summed E-state index contributed by atoms with van der Waals surface area (Å²) in [4.78, 5) is 14.7. The highest BCUT2D eigenvalue weighted by Crippen LogP contribution is 2.20. The second kappa shape index (κ2) is 9.92. The summed E-state index contributed by atoms with van der Waals surface area (Å²) in [5, 5.41) is 9.19. The molecule has 4 nitrogen and oxygen atoms in total. The Kier molecular flexibility index (Phi) is 9.49. The molecule has 0 radical (unpaired) electrons. The summed E-state index contributed by atoms with van der Waals surface area (Å²) in [6.07, 6.45) is 0.823. The molecule has 0 aliphatic heterocycles. The van der Waals surface area contributed by atoms with Crippen molar-refractivity contribution < 1.29 is 9.90 Å². The second-order valence-corrected chi connectivity index (χ2v) is 6.34. The second-order valence-electron chi connectivity index (χ2n) is 5.29. The van der Waals surface area contributed by atoms with Gasteiger partial charge in [0.15, 0.2) is 0 Å². The van der Waals surface area contributed by atoms with Gasteiger partial charge in [0, 0.05) is 24.5 Å². The fourth-order valence-corrected chi connectivity index (χ4v) is 2.44. The van der Waals surface area contributed by atoms with Gasteiger partial charge in [-0.25, -0.2) is 0 Å². The molecule has 1 atom stereocenters. The fraction of sp³-hybridized carbons (Fsp3) is 0.533. The number of thioether (sulfide) groups is 1. The summed E-state index contributed by atoms with van der Waals surface area (Å²) in [5.74, 6) is 1.17. The highest BCUT2D eigenvalue weighted by molar-refractivity contribution is 8.00. The van der Waals surface area contributed by atoms with E-state index in [2.05, 4.69) is 13.8 Å². The lowest BCUT2D eigenvalue weighted by Crippen LogP contribution is -2.35. The topological polar surface area (TPSA) is 66.6 Å². The van der Waals surface area contributed by atoms with Crippen molar-refractivity contribution in [2.45, 2.75) is 31.2 Å². The third kappa shape index (κ3) is 7.60. The molecule has 3 N–H and O–H groups in total. The molecule has 0 aromatic heterocycles. The van der Waals surface area contributed by atoms with Crippen LogP contribution in [0, 0.1) is 5.92 Å². The van der Waals surface area contributed by atoms with Crippen LogP contribution in [0.5, 0.6) is 5.75 Å². The van der Waals surface area contributed by atoms with Gasteiger partial charge in [0.05, 0.1) is 5.75 Å². The molecule has 1 aromatic carbocycles. The average molecular weight is 333 g/mol. The lowest BCUT2D eigenvalue weighted by molar-refractivity contribution is -0.127. The number of rotatable bonds is 7. The number of nitrogens with zero attached hydrogens (tertiary/aromatic N) is 1. The van der Waals surface area contributed by atoms with E-state index in [0.717, 1.165) is 11.3 Å². The minimum absolute atomic E-state index is 0. The van der Waals surface area contributed by atoms with E-state index < -0.39 is 0 Å². The largest absolute Gasteiger partial charge is 0.508 e. The number of carbonyl (C=O) groups excluding carboxylic acids is 1. The van der Waals surface area contributed by atoms with Crippen molar-refractivity contribution in [3.05, 3.63) is 24.3 Å². The number of hydrogen-bond donors (Lipinski definition) is 2. The van der Waals surface area contributed by atoms with Crippen LogP contribution >= 0.6 is 24.2 Å². The van der Waals surface area contributed by atoms with Crippen molar-refractivity contribution in [2.75, 3.05) is 19.3 Å². The minimum Gasteiger partial charge on any atom is -0.508 e. The van der Waals surface area contributed by atoms with Crippen molar-refractivity contribution in [1.82, 2.24) is 4.90 Å². The number of nitrogens with two attached hydrogens (primary N) is 1. The van der Waals surface area contributed by atoms with Crippen LogP contribution in [0.3, 0.4) is 0 Å². The summed E-state index contributed by atoms with van der Waals surface area (Å²) < 4.78 is 0. The lowest BCUT2D eigenvalue weighted by atomic mass is 10.0. The van der Waals surface area contributed by atoms with Gasteiger partial charge in [-0.15, -0.1) is 24.2 Å². The van der Waals surface area contributed by atoms with Gasteiger partial charge in [-0.3, -0.25) is 4.79 Å². The van der Waals surface area contributed by atoms with E-state index in [1.165, 1.54) is 11.8 Å². The molecule has 0 aliphatic rings. The molecule has 0 aliphatic carbocycles. The van der Waals surface area contributed by atoms with E-state index in [4.69, 9.17) is 5.73 Å². The maximum Gasteiger partial charge on any atom is 0.232 e. The molecule has 120 valence electrons. The maximum atomic E-state index is 12.0. The number of phenolic OH excluding ortho intramolecular Hbond substituents is 1. The lowest BCUT2D eigenvalue weighted by Gasteiger charge is -2.21. The first-order valence-corrected chi connectivity index (χ1v) is 7.80. The Morgan fingerprint density at radius 3 is 2.43 bits per heavy atom. The van der Waals surface area contributed by atoms with Gasteiger partial charge in [0.1, 0.15) is 5.75 Å². The van der Waals surface area contributed by atoms with Gasteiger partial charge in [0.25, 0.3) is 0 Å². The smallest absolute Gasteiger partial charge is 0.232 e. The zero-order chi connectivity index (χ0) is 15.1. The van der Waals surface area contributed by atoms with Crippen LogP contribution in [0.4, 0.5) is 0 Å². The van der Waals surface area contributed by atoms with E-state index in [0.29, 0.717) is 18.2 Å². The molecule has 0 saturated heterocycles. The highest BCUT2D eigenvalue weighted by Gasteiger charge is 2.13. The highest BCUT2D eigenvalue weighted by atomic mass is 35.5. The van der Waals surface area contributed by atoms with E-state index in [1.54, 1.807) is 17.0 Å². The van der Waals surface area contributed by atoms with E-state index in [-0.39, 0.29) is 30.1 Å². The molecule has 1 amide bonds. The van der Waals surface area contributed by atoms with Gasteiger partial charge >= 0.3 is 0 Å². The van der Waals surface area contributed by atoms with Gasteiger partial charge < -0.3 is 15.7 Å². The standard InChI is InChI=1S/C15H24N2O2S.ClH/c1-11(2)14(16)8-9-17(3)15(19)10-20-13-6-4-12(18)5-7-13;/h4-7,11,14,18H,8-10,16H2,1-3H3;1H. The Hall–Kier alpha value is -0.910. The Bertz CT molecular complexity index is 426. The summed E-state index contributed by atoms with van der Waals surface area (Å²) in [6, 6.07) is 7.00. The molecule has 6 heteroatoms. The van der Waals surface area contributed by atoms with Crippen LogP contribution in [-0.4, -0.2) is 41.3 Å². The Morgan fingerprint density at radius 2 is 1.90 bits per heavy atom. The summed E-state index contributed by atoms with van der Waals surface area (Å²) >= 11 is 1.47. The maximum absolute atomic E-state index is 12.0. The first-order chi connectivity index (χ1) is 9.40. The molecule has 21 heavy (non-hydrogen) atoms. The van der Waals surface area contributed by atoms with Crippen molar-refractivity contribution in [3.63, 3.8) is 0 Å². The minimum atomic E-state index is 0. The van der Waals surface area contributed by atoms with Crippen LogP contribution in [0.2, 0.25) is 0 Å². The molecular formula is C15H25ClN2O2S. The van der Waals surface area contributed by atoms with Crippen molar-refractivity contribution in [2.24, 2.45) is 11.7 Å². The molecule has 0 fully saturated rings. The normalized spacial score (nSPS) is 11.9. The number of phenols is 1. The SMILES string of the molecule is CC(C)C(N)CCN(C)C(=O)CSc1ccc(O)cc1.Cl. The first-order valence-electron chi connectivity index (χ1n) is 6.81. The van der Waals surface area contributed by atoms with E-state index in [9.17, 15) is 9.90 Å². The van der Waals surface area contributed by atoms with Gasteiger partial charge in [-0.05, 0) is 36.6 Å². The summed E-state index contributed by atoms with van der Waals surface area (Å²) in [6.45, 7) is 4.87. The number of amides is 1. The number of carbonyl (C=O) groups is 1. The molecule has 0 saturated carbocycles. The van der Waals surface area contributed by atoms with Gasteiger partial charge in [-0.1, -0.05) is 13.8 Å². The number of halogens is 1. The predicted octanol–water partition coefficient (Wildman–Crippen LogP) is 2.74. The molecule has 1 unspecified atom stereocenters. The van der Waals surface area contributed by atoms with E-state index >= 15 is 0 Å². The molecule has 0 heterocycles. The van der Waals surface area contributed by atoms with Crippen LogP contribution < -0.4 is 5.73 Å². The molecule has 0 bridgehead atoms. The third-order valence-electron chi connectivity index (χ3n) is 3.28. The van der Waals surface area contributed by atoms with E-state index in [1.807, 2.05) is 19.2 Å². The first kappa shape index (κ1) is 20.1. The van der Waals surface area contributed by atoms with Crippen LogP contribution in [-0.2, 0) is 4.79 Å². The van der Waals surface area contributed by atoms with Crippen LogP contribution in [0.25, 0.3) is 0 Å². The average Bonchev–Trinajstić information content (AvgIpc) is 2.43. The summed E-state index contributed by atoms with van der Waals surface area (Å²) in [5.41, 5.74) is 5.98. The Balaban J connectivity index is 0.00000400. The molecule has 1 aromatic rings.